The van der Waals surface area contributed by atoms with Crippen molar-refractivity contribution in [2.75, 3.05) is 13.2 Å². The Morgan fingerprint density at radius 1 is 1.12 bits per heavy atom. The summed E-state index contributed by atoms with van der Waals surface area (Å²) in [5.41, 5.74) is 0.265. The highest BCUT2D eigenvalue weighted by Gasteiger charge is 2.37. The lowest BCUT2D eigenvalue weighted by atomic mass is 10.1. The third-order valence-corrected chi connectivity index (χ3v) is 5.27. The summed E-state index contributed by atoms with van der Waals surface area (Å²) in [6.07, 6.45) is -0.333. The quantitative estimate of drug-likeness (QED) is 0.700. The van der Waals surface area contributed by atoms with E-state index in [1.807, 2.05) is 30.3 Å². The van der Waals surface area contributed by atoms with Crippen molar-refractivity contribution in [3.8, 4) is 0 Å². The fourth-order valence-electron chi connectivity index (χ4n) is 2.10. The molecule has 0 saturated heterocycles. The topological polar surface area (TPSA) is 73.9 Å². The highest BCUT2D eigenvalue weighted by molar-refractivity contribution is 7.54. The second-order valence-corrected chi connectivity index (χ2v) is 8.45. The molecule has 0 spiro atoms. The number of ether oxygens (including phenoxy) is 1. The first-order valence-corrected chi connectivity index (χ1v) is 9.73. The molecular weight excluding hydrogens is 329 g/mol. The number of benzene rings is 1. The maximum absolute atomic E-state index is 13.1. The van der Waals surface area contributed by atoms with E-state index in [9.17, 15) is 9.36 Å². The van der Waals surface area contributed by atoms with E-state index in [1.165, 1.54) is 0 Å². The Bertz CT molecular complexity index is 546. The van der Waals surface area contributed by atoms with Crippen LogP contribution in [0.3, 0.4) is 0 Å². The Morgan fingerprint density at radius 2 is 1.67 bits per heavy atom. The van der Waals surface area contributed by atoms with Crippen LogP contribution in [-0.4, -0.2) is 30.7 Å². The summed E-state index contributed by atoms with van der Waals surface area (Å²) in [5, 5.41) is 2.66. The Morgan fingerprint density at radius 3 is 2.12 bits per heavy atom. The van der Waals surface area contributed by atoms with Gasteiger partial charge in [0, 0.05) is 6.42 Å². The number of nitrogens with one attached hydrogen (secondary N) is 1. The van der Waals surface area contributed by atoms with Gasteiger partial charge in [-0.1, -0.05) is 30.3 Å². The number of alkyl carbamates (subject to hydrolysis) is 1. The van der Waals surface area contributed by atoms with Crippen LogP contribution in [0.15, 0.2) is 30.3 Å². The predicted octanol–water partition coefficient (Wildman–Crippen LogP) is 4.35. The normalized spacial score (nSPS) is 13.4. The van der Waals surface area contributed by atoms with Crippen LogP contribution in [0, 0.1) is 0 Å². The van der Waals surface area contributed by atoms with E-state index in [-0.39, 0.29) is 13.2 Å². The van der Waals surface area contributed by atoms with E-state index >= 15 is 0 Å². The van der Waals surface area contributed by atoms with Crippen LogP contribution < -0.4 is 5.32 Å². The lowest BCUT2D eigenvalue weighted by Gasteiger charge is -2.28. The number of carbonyl (C=O) groups is 1. The Balaban J connectivity index is 3.01. The van der Waals surface area contributed by atoms with E-state index < -0.39 is 25.1 Å². The number of carbonyl (C=O) groups excluding carboxylic acids is 1. The largest absolute Gasteiger partial charge is 0.444 e. The standard InChI is InChI=1S/C17H28NO5P/c1-6-21-24(20,22-7-2)15(13-14-11-9-8-10-12-14)18-16(19)23-17(3,4)5/h8-12,15H,6-7,13H2,1-5H3,(H,18,19). The summed E-state index contributed by atoms with van der Waals surface area (Å²) in [5.74, 6) is -0.824. The van der Waals surface area contributed by atoms with Gasteiger partial charge in [-0.25, -0.2) is 4.79 Å². The molecule has 1 N–H and O–H groups in total. The first-order chi connectivity index (χ1) is 11.2. The van der Waals surface area contributed by atoms with E-state index in [0.717, 1.165) is 5.56 Å². The van der Waals surface area contributed by atoms with Gasteiger partial charge in [-0.2, -0.15) is 0 Å². The Hall–Kier alpha value is -1.36. The van der Waals surface area contributed by atoms with Gasteiger partial charge < -0.3 is 19.1 Å². The van der Waals surface area contributed by atoms with Gasteiger partial charge in [0.15, 0.2) is 0 Å². The van der Waals surface area contributed by atoms with Crippen molar-refractivity contribution in [1.82, 2.24) is 5.32 Å². The van der Waals surface area contributed by atoms with Crippen molar-refractivity contribution in [2.24, 2.45) is 0 Å². The molecule has 1 amide bonds. The first kappa shape index (κ1) is 20.7. The second kappa shape index (κ2) is 9.21. The molecule has 0 aromatic heterocycles. The smallest absolute Gasteiger partial charge is 0.408 e. The molecule has 1 aromatic carbocycles. The average molecular weight is 357 g/mol. The van der Waals surface area contributed by atoms with Crippen molar-refractivity contribution >= 4 is 13.7 Å². The SMILES string of the molecule is CCOP(=O)(OCC)C(Cc1ccccc1)NC(=O)OC(C)(C)C. The fraction of sp³-hybridized carbons (Fsp3) is 0.588. The third-order valence-electron chi connectivity index (χ3n) is 2.96. The second-order valence-electron chi connectivity index (χ2n) is 6.23. The van der Waals surface area contributed by atoms with Crippen LogP contribution in [0.5, 0.6) is 0 Å². The van der Waals surface area contributed by atoms with Crippen molar-refractivity contribution < 1.29 is 23.1 Å². The molecule has 0 saturated carbocycles. The zero-order valence-electron chi connectivity index (χ0n) is 15.1. The molecule has 7 heteroatoms. The molecule has 0 radical (unpaired) electrons. The third kappa shape index (κ3) is 7.04. The number of hydrogen-bond donors (Lipinski definition) is 1. The molecule has 1 unspecified atom stereocenters. The first-order valence-electron chi connectivity index (χ1n) is 8.12. The van der Waals surface area contributed by atoms with Crippen LogP contribution in [0.2, 0.25) is 0 Å². The molecule has 0 aliphatic carbocycles. The Kier molecular flexibility index (Phi) is 7.94. The summed E-state index contributed by atoms with van der Waals surface area (Å²) in [6, 6.07) is 9.45. The van der Waals surface area contributed by atoms with Crippen LogP contribution in [0.25, 0.3) is 0 Å². The van der Waals surface area contributed by atoms with Gasteiger partial charge in [-0.05, 0) is 40.2 Å². The van der Waals surface area contributed by atoms with Crippen molar-refractivity contribution in [3.63, 3.8) is 0 Å². The van der Waals surface area contributed by atoms with E-state index in [2.05, 4.69) is 5.32 Å². The molecule has 1 aromatic rings. The number of amides is 1. The lowest BCUT2D eigenvalue weighted by Crippen LogP contribution is -2.40. The lowest BCUT2D eigenvalue weighted by molar-refractivity contribution is 0.0509. The molecule has 0 heterocycles. The van der Waals surface area contributed by atoms with Gasteiger partial charge >= 0.3 is 13.7 Å². The summed E-state index contributed by atoms with van der Waals surface area (Å²) in [6.45, 7) is 9.21. The number of rotatable bonds is 8. The molecule has 6 nitrogen and oxygen atoms in total. The maximum atomic E-state index is 13.1. The van der Waals surface area contributed by atoms with Gasteiger partial charge in [0.05, 0.1) is 13.2 Å². The monoisotopic (exact) mass is 357 g/mol. The van der Waals surface area contributed by atoms with Gasteiger partial charge in [0.25, 0.3) is 0 Å². The molecule has 0 bridgehead atoms. The van der Waals surface area contributed by atoms with Crippen molar-refractivity contribution in [3.05, 3.63) is 35.9 Å². The zero-order chi connectivity index (χ0) is 18.2. The molecular formula is C17H28NO5P. The van der Waals surface area contributed by atoms with Crippen molar-refractivity contribution in [2.45, 2.75) is 52.4 Å². The molecule has 1 rings (SSSR count). The summed E-state index contributed by atoms with van der Waals surface area (Å²) in [4.78, 5) is 12.1. The minimum atomic E-state index is -3.53. The molecule has 1 atom stereocenters. The molecule has 0 aliphatic heterocycles. The molecule has 0 aliphatic rings. The van der Waals surface area contributed by atoms with Crippen molar-refractivity contribution in [1.29, 1.82) is 0 Å². The highest BCUT2D eigenvalue weighted by Crippen LogP contribution is 2.53. The zero-order valence-corrected chi connectivity index (χ0v) is 16.0. The fourth-order valence-corrected chi connectivity index (χ4v) is 3.95. The van der Waals surface area contributed by atoms with Crippen LogP contribution in [0.4, 0.5) is 4.79 Å². The van der Waals surface area contributed by atoms with Gasteiger partial charge in [-0.15, -0.1) is 0 Å². The van der Waals surface area contributed by atoms with E-state index in [0.29, 0.717) is 6.42 Å². The van der Waals surface area contributed by atoms with Crippen LogP contribution in [0.1, 0.15) is 40.2 Å². The van der Waals surface area contributed by atoms with Gasteiger partial charge in [0.1, 0.15) is 11.4 Å². The summed E-state index contributed by atoms with van der Waals surface area (Å²) >= 11 is 0. The average Bonchev–Trinajstić information content (AvgIpc) is 2.46. The van der Waals surface area contributed by atoms with Gasteiger partial charge in [0.2, 0.25) is 0 Å². The van der Waals surface area contributed by atoms with Crippen LogP contribution in [-0.2, 0) is 24.8 Å². The Labute approximate surface area is 144 Å². The van der Waals surface area contributed by atoms with Gasteiger partial charge in [-0.3, -0.25) is 4.57 Å². The summed E-state index contributed by atoms with van der Waals surface area (Å²) < 4.78 is 29.2. The minimum absolute atomic E-state index is 0.221. The molecule has 0 fully saturated rings. The number of hydrogen-bond acceptors (Lipinski definition) is 5. The molecule has 136 valence electrons. The summed E-state index contributed by atoms with van der Waals surface area (Å²) in [7, 11) is -3.53. The van der Waals surface area contributed by atoms with Crippen LogP contribution >= 0.6 is 7.60 Å². The maximum Gasteiger partial charge on any atom is 0.408 e. The molecule has 24 heavy (non-hydrogen) atoms. The minimum Gasteiger partial charge on any atom is -0.444 e. The highest BCUT2D eigenvalue weighted by atomic mass is 31.2. The predicted molar refractivity (Wildman–Crippen MR) is 94.2 cm³/mol. The van der Waals surface area contributed by atoms with E-state index in [4.69, 9.17) is 13.8 Å². The van der Waals surface area contributed by atoms with E-state index in [1.54, 1.807) is 34.6 Å².